The zero-order valence-corrected chi connectivity index (χ0v) is 18.3. The van der Waals surface area contributed by atoms with Crippen molar-refractivity contribution in [2.45, 2.75) is 6.54 Å². The van der Waals surface area contributed by atoms with Crippen molar-refractivity contribution in [3.8, 4) is 17.2 Å². The highest BCUT2D eigenvalue weighted by molar-refractivity contribution is 7.22. The van der Waals surface area contributed by atoms with Crippen LogP contribution >= 0.6 is 11.3 Å². The molecule has 4 aromatic rings. The van der Waals surface area contributed by atoms with Gasteiger partial charge in [0.05, 0.1) is 43.7 Å². The van der Waals surface area contributed by atoms with Gasteiger partial charge in [-0.25, -0.2) is 4.98 Å². The smallest absolute Gasteiger partial charge is 0.264 e. The maximum absolute atomic E-state index is 13.7. The number of benzene rings is 2. The largest absolute Gasteiger partial charge is 0.497 e. The molecule has 0 saturated carbocycles. The quantitative estimate of drug-likeness (QED) is 0.416. The lowest BCUT2D eigenvalue weighted by molar-refractivity contribution is 0.0982. The van der Waals surface area contributed by atoms with Gasteiger partial charge in [-0.3, -0.25) is 14.4 Å². The minimum atomic E-state index is -0.228. The van der Waals surface area contributed by atoms with Gasteiger partial charge in [0.2, 0.25) is 0 Å². The Kier molecular flexibility index (Phi) is 6.03. The fourth-order valence-electron chi connectivity index (χ4n) is 3.18. The average molecular weight is 439 g/mol. The van der Waals surface area contributed by atoms with Gasteiger partial charge in [0.1, 0.15) is 17.2 Å². The summed E-state index contributed by atoms with van der Waals surface area (Å²) in [4.78, 5) is 20.0. The molecule has 0 radical (unpaired) electrons. The van der Waals surface area contributed by atoms with E-state index in [4.69, 9.17) is 19.2 Å². The Morgan fingerprint density at radius 2 is 1.84 bits per heavy atom. The van der Waals surface area contributed by atoms with Crippen molar-refractivity contribution < 1.29 is 19.0 Å². The predicted octanol–water partition coefficient (Wildman–Crippen LogP) is 3.87. The second kappa shape index (κ2) is 9.05. The van der Waals surface area contributed by atoms with Crippen LogP contribution in [0.5, 0.6) is 17.2 Å². The van der Waals surface area contributed by atoms with Crippen LogP contribution in [-0.2, 0) is 6.54 Å². The van der Waals surface area contributed by atoms with Gasteiger partial charge in [0.25, 0.3) is 5.91 Å². The van der Waals surface area contributed by atoms with Crippen molar-refractivity contribution in [1.82, 2.24) is 14.8 Å². The number of nitrogens with zero attached hydrogens (tertiary/aromatic N) is 4. The third kappa shape index (κ3) is 4.31. The first kappa shape index (κ1) is 20.7. The molecule has 2 heterocycles. The van der Waals surface area contributed by atoms with E-state index < -0.39 is 0 Å². The molecule has 160 valence electrons. The lowest BCUT2D eigenvalue weighted by atomic mass is 10.1. The Balaban J connectivity index is 1.74. The minimum Gasteiger partial charge on any atom is -0.497 e. The van der Waals surface area contributed by atoms with Crippen molar-refractivity contribution >= 4 is 32.6 Å². The first-order chi connectivity index (χ1) is 15.1. The Morgan fingerprint density at radius 1 is 1.06 bits per heavy atom. The van der Waals surface area contributed by atoms with Crippen LogP contribution in [0.1, 0.15) is 10.4 Å². The summed E-state index contributed by atoms with van der Waals surface area (Å²) in [5.41, 5.74) is 1.20. The van der Waals surface area contributed by atoms with E-state index in [1.54, 1.807) is 48.2 Å². The molecule has 4 rings (SSSR count). The highest BCUT2D eigenvalue weighted by atomic mass is 32.1. The molecule has 0 saturated heterocycles. The van der Waals surface area contributed by atoms with Gasteiger partial charge in [-0.15, -0.1) is 0 Å². The molecule has 2 aromatic carbocycles. The molecule has 0 unspecified atom stereocenters. The highest BCUT2D eigenvalue weighted by Crippen LogP contribution is 2.34. The summed E-state index contributed by atoms with van der Waals surface area (Å²) in [5, 5.41) is 4.83. The number of hydrogen-bond acceptors (Lipinski definition) is 7. The van der Waals surface area contributed by atoms with Crippen LogP contribution in [-0.4, -0.2) is 48.5 Å². The Bertz CT molecular complexity index is 1190. The van der Waals surface area contributed by atoms with Gasteiger partial charge in [0.15, 0.2) is 5.13 Å². The molecular formula is C22H22N4O4S. The number of thiazole rings is 1. The number of anilines is 1. The van der Waals surface area contributed by atoms with Crippen LogP contribution in [0.4, 0.5) is 5.13 Å². The van der Waals surface area contributed by atoms with Gasteiger partial charge >= 0.3 is 0 Å². The van der Waals surface area contributed by atoms with E-state index in [2.05, 4.69) is 5.10 Å². The molecule has 0 N–H and O–H groups in total. The van der Waals surface area contributed by atoms with E-state index in [0.717, 1.165) is 16.0 Å². The summed E-state index contributed by atoms with van der Waals surface area (Å²) in [7, 11) is 4.72. The van der Waals surface area contributed by atoms with E-state index in [-0.39, 0.29) is 5.91 Å². The number of rotatable bonds is 8. The zero-order valence-electron chi connectivity index (χ0n) is 17.4. The van der Waals surface area contributed by atoms with Crippen LogP contribution in [0.25, 0.3) is 10.2 Å². The molecule has 0 aliphatic rings. The minimum absolute atomic E-state index is 0.228. The van der Waals surface area contributed by atoms with E-state index >= 15 is 0 Å². The number of methoxy groups -OCH3 is 3. The number of hydrogen-bond donors (Lipinski definition) is 0. The number of ether oxygens (including phenoxy) is 3. The molecule has 8 nitrogen and oxygen atoms in total. The average Bonchev–Trinajstić information content (AvgIpc) is 3.47. The molecule has 0 aliphatic carbocycles. The summed E-state index contributed by atoms with van der Waals surface area (Å²) in [5.74, 6) is 1.56. The number of carbonyl (C=O) groups is 1. The number of carbonyl (C=O) groups excluding carboxylic acids is 1. The molecule has 0 aliphatic heterocycles. The zero-order chi connectivity index (χ0) is 21.8. The molecule has 31 heavy (non-hydrogen) atoms. The Hall–Kier alpha value is -3.59. The van der Waals surface area contributed by atoms with Crippen molar-refractivity contribution in [3.05, 3.63) is 60.4 Å². The third-order valence-electron chi connectivity index (χ3n) is 4.81. The van der Waals surface area contributed by atoms with Crippen molar-refractivity contribution in [2.24, 2.45) is 0 Å². The Morgan fingerprint density at radius 3 is 2.55 bits per heavy atom. The fraction of sp³-hybridized carbons (Fsp3) is 0.227. The molecule has 1 amide bonds. The maximum Gasteiger partial charge on any atom is 0.264 e. The lowest BCUT2D eigenvalue weighted by Gasteiger charge is -2.21. The summed E-state index contributed by atoms with van der Waals surface area (Å²) in [6.45, 7) is 0.905. The second-order valence-corrected chi connectivity index (χ2v) is 7.63. The van der Waals surface area contributed by atoms with Crippen LogP contribution in [0.2, 0.25) is 0 Å². The fourth-order valence-corrected chi connectivity index (χ4v) is 4.20. The first-order valence-electron chi connectivity index (χ1n) is 9.59. The van der Waals surface area contributed by atoms with Gasteiger partial charge in [-0.2, -0.15) is 5.10 Å². The second-order valence-electron chi connectivity index (χ2n) is 6.62. The summed E-state index contributed by atoms with van der Waals surface area (Å²) >= 11 is 1.43. The van der Waals surface area contributed by atoms with Crippen molar-refractivity contribution in [1.29, 1.82) is 0 Å². The van der Waals surface area contributed by atoms with Gasteiger partial charge in [-0.05, 0) is 42.5 Å². The van der Waals surface area contributed by atoms with E-state index in [1.165, 1.54) is 18.4 Å². The molecular weight excluding hydrogens is 416 g/mol. The summed E-state index contributed by atoms with van der Waals surface area (Å²) in [6.07, 6.45) is 3.57. The lowest BCUT2D eigenvalue weighted by Crippen LogP contribution is -2.34. The van der Waals surface area contributed by atoms with Crippen LogP contribution in [0.3, 0.4) is 0 Å². The number of aromatic nitrogens is 3. The number of amides is 1. The third-order valence-corrected chi connectivity index (χ3v) is 5.85. The molecule has 0 bridgehead atoms. The van der Waals surface area contributed by atoms with Crippen molar-refractivity contribution in [3.63, 3.8) is 0 Å². The molecule has 2 aromatic heterocycles. The maximum atomic E-state index is 13.7. The van der Waals surface area contributed by atoms with Crippen LogP contribution in [0, 0.1) is 0 Å². The van der Waals surface area contributed by atoms with Gasteiger partial charge in [-0.1, -0.05) is 11.3 Å². The van der Waals surface area contributed by atoms with Crippen molar-refractivity contribution in [2.75, 3.05) is 32.8 Å². The van der Waals surface area contributed by atoms with Gasteiger partial charge < -0.3 is 14.2 Å². The SMILES string of the molecule is COc1ccc(OC)c(C(=O)N(CCn2cccn2)c2nc3ccc(OC)cc3s2)c1. The highest BCUT2D eigenvalue weighted by Gasteiger charge is 2.25. The molecule has 0 fully saturated rings. The molecule has 9 heteroatoms. The first-order valence-corrected chi connectivity index (χ1v) is 10.4. The van der Waals surface area contributed by atoms with Crippen LogP contribution < -0.4 is 19.1 Å². The Labute approximate surface area is 183 Å². The monoisotopic (exact) mass is 438 g/mol. The summed E-state index contributed by atoms with van der Waals surface area (Å²) in [6, 6.07) is 12.7. The van der Waals surface area contributed by atoms with Crippen LogP contribution in [0.15, 0.2) is 54.9 Å². The normalized spacial score (nSPS) is 10.8. The summed E-state index contributed by atoms with van der Waals surface area (Å²) < 4.78 is 18.8. The standard InChI is InChI=1S/C22H22N4O4S/c1-28-15-6-8-19(30-3)17(13-15)21(27)26(12-11-25-10-4-9-23-25)22-24-18-7-5-16(29-2)14-20(18)31-22/h4-10,13-14H,11-12H2,1-3H3. The van der Waals surface area contributed by atoms with E-state index in [9.17, 15) is 4.79 Å². The molecule has 0 spiro atoms. The number of fused-ring (bicyclic) bond motifs is 1. The van der Waals surface area contributed by atoms with E-state index in [1.807, 2.05) is 30.5 Å². The van der Waals surface area contributed by atoms with E-state index in [0.29, 0.717) is 35.3 Å². The van der Waals surface area contributed by atoms with Gasteiger partial charge in [0, 0.05) is 18.9 Å². The predicted molar refractivity (Wildman–Crippen MR) is 120 cm³/mol. The topological polar surface area (TPSA) is 78.7 Å². The molecule has 0 atom stereocenters.